The summed E-state index contributed by atoms with van der Waals surface area (Å²) in [5, 5.41) is 8.02. The Morgan fingerprint density at radius 3 is 3.32 bits per heavy atom. The molecule has 0 aliphatic carbocycles. The molecule has 3 rings (SSSR count). The Kier molecular flexibility index (Phi) is 3.61. The maximum absolute atomic E-state index is 11.8. The number of thiophene rings is 1. The number of hydrogen-bond donors (Lipinski definition) is 2. The molecular formula is C13H15N3O2S. The fraction of sp³-hybridized carbons (Fsp3) is 0.385. The van der Waals surface area contributed by atoms with Crippen molar-refractivity contribution in [1.29, 1.82) is 0 Å². The van der Waals surface area contributed by atoms with Crippen molar-refractivity contribution in [1.82, 2.24) is 15.6 Å². The van der Waals surface area contributed by atoms with Gasteiger partial charge in [0.05, 0.1) is 23.2 Å². The van der Waals surface area contributed by atoms with Gasteiger partial charge in [0.2, 0.25) is 11.8 Å². The number of oxazole rings is 1. The minimum absolute atomic E-state index is 0.0400. The topological polar surface area (TPSA) is 67.2 Å². The van der Waals surface area contributed by atoms with Gasteiger partial charge < -0.3 is 15.1 Å². The SMILES string of the molecule is O=C(NCc1coc(-c2cccs2)n1)C1CCCN1. The Morgan fingerprint density at radius 2 is 2.58 bits per heavy atom. The van der Waals surface area contributed by atoms with Crippen molar-refractivity contribution < 1.29 is 9.21 Å². The molecule has 0 bridgehead atoms. The quantitative estimate of drug-likeness (QED) is 0.894. The summed E-state index contributed by atoms with van der Waals surface area (Å²) in [5.74, 6) is 0.649. The molecule has 2 aromatic rings. The first-order valence-electron chi connectivity index (χ1n) is 6.32. The smallest absolute Gasteiger partial charge is 0.237 e. The first-order chi connectivity index (χ1) is 9.33. The largest absolute Gasteiger partial charge is 0.443 e. The first-order valence-corrected chi connectivity index (χ1v) is 7.20. The number of aromatic nitrogens is 1. The third-order valence-electron chi connectivity index (χ3n) is 3.10. The van der Waals surface area contributed by atoms with E-state index in [2.05, 4.69) is 15.6 Å². The summed E-state index contributed by atoms with van der Waals surface area (Å²) in [6, 6.07) is 3.86. The fourth-order valence-corrected chi connectivity index (χ4v) is 2.77. The van der Waals surface area contributed by atoms with Gasteiger partial charge >= 0.3 is 0 Å². The second-order valence-corrected chi connectivity index (χ2v) is 5.44. The molecule has 0 saturated carbocycles. The maximum Gasteiger partial charge on any atom is 0.237 e. The monoisotopic (exact) mass is 277 g/mol. The van der Waals surface area contributed by atoms with E-state index in [1.165, 1.54) is 0 Å². The average Bonchev–Trinajstić information content (AvgIpc) is 3.14. The van der Waals surface area contributed by atoms with Crippen molar-refractivity contribution in [3.05, 3.63) is 29.5 Å². The van der Waals surface area contributed by atoms with Crippen molar-refractivity contribution >= 4 is 17.2 Å². The summed E-state index contributed by atoms with van der Waals surface area (Å²) < 4.78 is 5.40. The van der Waals surface area contributed by atoms with Crippen LogP contribution in [0.25, 0.3) is 10.8 Å². The molecule has 2 aromatic heterocycles. The minimum Gasteiger partial charge on any atom is -0.443 e. The number of carbonyl (C=O) groups excluding carboxylic acids is 1. The van der Waals surface area contributed by atoms with E-state index < -0.39 is 0 Å². The number of amides is 1. The lowest BCUT2D eigenvalue weighted by Crippen LogP contribution is -2.40. The average molecular weight is 277 g/mol. The second-order valence-electron chi connectivity index (χ2n) is 4.49. The second kappa shape index (κ2) is 5.54. The predicted octanol–water partition coefficient (Wildman–Crippen LogP) is 1.77. The molecule has 1 fully saturated rings. The summed E-state index contributed by atoms with van der Waals surface area (Å²) in [5.41, 5.74) is 0.745. The molecule has 1 saturated heterocycles. The predicted molar refractivity (Wildman–Crippen MR) is 72.7 cm³/mol. The molecule has 0 radical (unpaired) electrons. The molecule has 0 spiro atoms. The molecule has 1 unspecified atom stereocenters. The zero-order valence-corrected chi connectivity index (χ0v) is 11.2. The van der Waals surface area contributed by atoms with Crippen molar-refractivity contribution in [3.8, 4) is 10.8 Å². The van der Waals surface area contributed by atoms with Gasteiger partial charge in [0.15, 0.2) is 0 Å². The highest BCUT2D eigenvalue weighted by atomic mass is 32.1. The van der Waals surface area contributed by atoms with Crippen LogP contribution in [0.4, 0.5) is 0 Å². The third-order valence-corrected chi connectivity index (χ3v) is 3.96. The third kappa shape index (κ3) is 2.85. The lowest BCUT2D eigenvalue weighted by atomic mass is 10.2. The van der Waals surface area contributed by atoms with E-state index in [4.69, 9.17) is 4.42 Å². The molecule has 19 heavy (non-hydrogen) atoms. The van der Waals surface area contributed by atoms with Gasteiger partial charge in [0.1, 0.15) is 6.26 Å². The Hall–Kier alpha value is -1.66. The van der Waals surface area contributed by atoms with Crippen LogP contribution in [-0.2, 0) is 11.3 Å². The standard InChI is InChI=1S/C13H15N3O2S/c17-12(10-3-1-5-14-10)15-7-9-8-18-13(16-9)11-4-2-6-19-11/h2,4,6,8,10,14H,1,3,5,7H2,(H,15,17). The number of carbonyl (C=O) groups is 1. The molecule has 6 heteroatoms. The van der Waals surface area contributed by atoms with Gasteiger partial charge in [-0.15, -0.1) is 11.3 Å². The van der Waals surface area contributed by atoms with Gasteiger partial charge in [-0.05, 0) is 30.8 Å². The minimum atomic E-state index is -0.0522. The van der Waals surface area contributed by atoms with Gasteiger partial charge in [0.25, 0.3) is 0 Å². The van der Waals surface area contributed by atoms with Crippen LogP contribution in [0.1, 0.15) is 18.5 Å². The molecule has 3 heterocycles. The van der Waals surface area contributed by atoms with E-state index in [0.717, 1.165) is 30.0 Å². The van der Waals surface area contributed by atoms with Crippen LogP contribution in [0.5, 0.6) is 0 Å². The highest BCUT2D eigenvalue weighted by Gasteiger charge is 2.21. The van der Waals surface area contributed by atoms with Crippen molar-refractivity contribution in [2.45, 2.75) is 25.4 Å². The van der Waals surface area contributed by atoms with Crippen LogP contribution in [0.3, 0.4) is 0 Å². The van der Waals surface area contributed by atoms with E-state index in [1.54, 1.807) is 17.6 Å². The van der Waals surface area contributed by atoms with E-state index in [9.17, 15) is 4.79 Å². The highest BCUT2D eigenvalue weighted by molar-refractivity contribution is 7.13. The Bertz CT molecular complexity index is 544. The van der Waals surface area contributed by atoms with Gasteiger partial charge in [-0.1, -0.05) is 6.07 Å². The number of rotatable bonds is 4. The number of nitrogens with zero attached hydrogens (tertiary/aromatic N) is 1. The molecule has 1 amide bonds. The van der Waals surface area contributed by atoms with E-state index in [1.807, 2.05) is 17.5 Å². The summed E-state index contributed by atoms with van der Waals surface area (Å²) in [4.78, 5) is 17.2. The molecule has 1 atom stereocenters. The molecule has 100 valence electrons. The van der Waals surface area contributed by atoms with Gasteiger partial charge in [-0.25, -0.2) is 4.98 Å². The van der Waals surface area contributed by atoms with Crippen LogP contribution in [0.2, 0.25) is 0 Å². The fourth-order valence-electron chi connectivity index (χ4n) is 2.11. The number of hydrogen-bond acceptors (Lipinski definition) is 5. The lowest BCUT2D eigenvalue weighted by molar-refractivity contribution is -0.122. The van der Waals surface area contributed by atoms with Crippen molar-refractivity contribution in [2.75, 3.05) is 6.54 Å². The first kappa shape index (κ1) is 12.4. The molecule has 1 aliphatic heterocycles. The van der Waals surface area contributed by atoms with Gasteiger partial charge in [-0.3, -0.25) is 4.79 Å². The summed E-state index contributed by atoms with van der Waals surface area (Å²) in [7, 11) is 0. The summed E-state index contributed by atoms with van der Waals surface area (Å²) >= 11 is 1.58. The van der Waals surface area contributed by atoms with Crippen LogP contribution in [0.15, 0.2) is 28.2 Å². The zero-order valence-electron chi connectivity index (χ0n) is 10.4. The molecule has 0 aromatic carbocycles. The van der Waals surface area contributed by atoms with E-state index in [0.29, 0.717) is 12.4 Å². The Balaban J connectivity index is 1.57. The van der Waals surface area contributed by atoms with E-state index >= 15 is 0 Å². The summed E-state index contributed by atoms with van der Waals surface area (Å²) in [6.07, 6.45) is 3.56. The van der Waals surface area contributed by atoms with Crippen LogP contribution >= 0.6 is 11.3 Å². The Labute approximate surface area is 115 Å². The lowest BCUT2D eigenvalue weighted by Gasteiger charge is -2.09. The van der Waals surface area contributed by atoms with Crippen LogP contribution in [0, 0.1) is 0 Å². The maximum atomic E-state index is 11.8. The van der Waals surface area contributed by atoms with Crippen molar-refractivity contribution in [2.24, 2.45) is 0 Å². The summed E-state index contributed by atoms with van der Waals surface area (Å²) in [6.45, 7) is 1.33. The highest BCUT2D eigenvalue weighted by Crippen LogP contribution is 2.23. The normalized spacial score (nSPS) is 18.6. The van der Waals surface area contributed by atoms with Crippen LogP contribution < -0.4 is 10.6 Å². The number of nitrogens with one attached hydrogen (secondary N) is 2. The zero-order chi connectivity index (χ0) is 13.1. The van der Waals surface area contributed by atoms with Crippen LogP contribution in [-0.4, -0.2) is 23.5 Å². The molecule has 1 aliphatic rings. The Morgan fingerprint density at radius 1 is 1.63 bits per heavy atom. The molecule has 5 nitrogen and oxygen atoms in total. The molecular weight excluding hydrogens is 262 g/mol. The van der Waals surface area contributed by atoms with Gasteiger partial charge in [-0.2, -0.15) is 0 Å². The molecule has 2 N–H and O–H groups in total. The van der Waals surface area contributed by atoms with Crippen molar-refractivity contribution in [3.63, 3.8) is 0 Å². The van der Waals surface area contributed by atoms with E-state index in [-0.39, 0.29) is 11.9 Å². The van der Waals surface area contributed by atoms with Gasteiger partial charge in [0, 0.05) is 0 Å².